The SMILES string of the molecule is CSCCCCCCNc1c(C#N)cnc2ccccc12. The standard InChI is InChI=1S/C17H21N3S/c1-21-11-7-3-2-6-10-19-17-14(12-18)13-20-16-9-5-4-8-15(16)17/h4-5,8-9,13H,2-3,6-7,10-11H2,1H3,(H,19,20). The number of benzene rings is 1. The van der Waals surface area contributed by atoms with E-state index in [1.165, 1.54) is 25.0 Å². The molecule has 0 bridgehead atoms. The molecule has 110 valence electrons. The molecule has 0 fully saturated rings. The van der Waals surface area contributed by atoms with Crippen LogP contribution in [0.3, 0.4) is 0 Å². The number of thioether (sulfide) groups is 1. The van der Waals surface area contributed by atoms with Crippen molar-refractivity contribution in [3.8, 4) is 6.07 Å². The van der Waals surface area contributed by atoms with E-state index in [-0.39, 0.29) is 0 Å². The lowest BCUT2D eigenvalue weighted by Gasteiger charge is -2.11. The molecule has 0 aliphatic rings. The number of nitrogens with zero attached hydrogens (tertiary/aromatic N) is 2. The Bertz CT molecular complexity index is 619. The molecule has 0 unspecified atom stereocenters. The van der Waals surface area contributed by atoms with E-state index in [1.54, 1.807) is 6.20 Å². The van der Waals surface area contributed by atoms with Crippen molar-refractivity contribution in [2.24, 2.45) is 0 Å². The second-order valence-corrected chi connectivity index (χ2v) is 6.00. The zero-order valence-electron chi connectivity index (χ0n) is 12.4. The molecule has 0 spiro atoms. The van der Waals surface area contributed by atoms with Gasteiger partial charge in [-0.3, -0.25) is 4.98 Å². The van der Waals surface area contributed by atoms with Gasteiger partial charge in [0.1, 0.15) is 6.07 Å². The molecular weight excluding hydrogens is 278 g/mol. The van der Waals surface area contributed by atoms with Crippen molar-refractivity contribution in [2.75, 3.05) is 23.9 Å². The number of hydrogen-bond acceptors (Lipinski definition) is 4. The van der Waals surface area contributed by atoms with Gasteiger partial charge in [0, 0.05) is 18.1 Å². The minimum Gasteiger partial charge on any atom is -0.383 e. The first-order valence-corrected chi connectivity index (χ1v) is 8.77. The van der Waals surface area contributed by atoms with Crippen LogP contribution in [0, 0.1) is 11.3 Å². The number of para-hydroxylation sites is 1. The number of fused-ring (bicyclic) bond motifs is 1. The summed E-state index contributed by atoms with van der Waals surface area (Å²) in [5.41, 5.74) is 2.47. The number of nitriles is 1. The first-order chi connectivity index (χ1) is 10.4. The molecule has 4 heteroatoms. The molecule has 0 amide bonds. The second kappa shape index (κ2) is 8.53. The van der Waals surface area contributed by atoms with Crippen LogP contribution in [0.5, 0.6) is 0 Å². The van der Waals surface area contributed by atoms with Crippen LogP contribution in [-0.4, -0.2) is 23.5 Å². The maximum absolute atomic E-state index is 9.25. The lowest BCUT2D eigenvalue weighted by atomic mass is 10.1. The Hall–Kier alpha value is -1.73. The molecule has 2 rings (SSSR count). The molecule has 3 nitrogen and oxygen atoms in total. The molecule has 1 N–H and O–H groups in total. The van der Waals surface area contributed by atoms with E-state index >= 15 is 0 Å². The molecular formula is C17H21N3S. The third-order valence-electron chi connectivity index (χ3n) is 3.47. The second-order valence-electron chi connectivity index (χ2n) is 5.01. The molecule has 1 heterocycles. The fourth-order valence-corrected chi connectivity index (χ4v) is 2.85. The van der Waals surface area contributed by atoms with Crippen molar-refractivity contribution in [1.82, 2.24) is 4.98 Å². The normalized spacial score (nSPS) is 10.5. The first kappa shape index (κ1) is 15.7. The molecule has 21 heavy (non-hydrogen) atoms. The van der Waals surface area contributed by atoms with Gasteiger partial charge in [-0.1, -0.05) is 31.0 Å². The van der Waals surface area contributed by atoms with Crippen molar-refractivity contribution in [2.45, 2.75) is 25.7 Å². The van der Waals surface area contributed by atoms with Crippen LogP contribution in [0.4, 0.5) is 5.69 Å². The molecule has 1 aromatic carbocycles. The summed E-state index contributed by atoms with van der Waals surface area (Å²) in [6, 6.07) is 10.2. The number of anilines is 1. The third-order valence-corrected chi connectivity index (χ3v) is 4.17. The van der Waals surface area contributed by atoms with Gasteiger partial charge in [0.15, 0.2) is 0 Å². The number of rotatable bonds is 8. The fraction of sp³-hybridized carbons (Fsp3) is 0.412. The van der Waals surface area contributed by atoms with Crippen LogP contribution < -0.4 is 5.32 Å². The summed E-state index contributed by atoms with van der Waals surface area (Å²) in [7, 11) is 0. The number of nitrogens with one attached hydrogen (secondary N) is 1. The maximum Gasteiger partial charge on any atom is 0.103 e. The van der Waals surface area contributed by atoms with Gasteiger partial charge in [0.25, 0.3) is 0 Å². The van der Waals surface area contributed by atoms with Gasteiger partial charge in [-0.05, 0) is 30.9 Å². The molecule has 0 aliphatic carbocycles. The van der Waals surface area contributed by atoms with Gasteiger partial charge in [0.2, 0.25) is 0 Å². The van der Waals surface area contributed by atoms with Crippen molar-refractivity contribution < 1.29 is 0 Å². The smallest absolute Gasteiger partial charge is 0.103 e. The zero-order valence-corrected chi connectivity index (χ0v) is 13.2. The zero-order chi connectivity index (χ0) is 14.9. The van der Waals surface area contributed by atoms with Gasteiger partial charge in [-0.25, -0.2) is 0 Å². The highest BCUT2D eigenvalue weighted by molar-refractivity contribution is 7.98. The van der Waals surface area contributed by atoms with E-state index in [4.69, 9.17) is 0 Å². The third kappa shape index (κ3) is 4.37. The highest BCUT2D eigenvalue weighted by Crippen LogP contribution is 2.25. The summed E-state index contributed by atoms with van der Waals surface area (Å²) < 4.78 is 0. The highest BCUT2D eigenvalue weighted by Gasteiger charge is 2.07. The summed E-state index contributed by atoms with van der Waals surface area (Å²) in [6.07, 6.45) is 8.75. The van der Waals surface area contributed by atoms with E-state index in [2.05, 4.69) is 22.6 Å². The molecule has 0 aliphatic heterocycles. The number of pyridine rings is 1. The summed E-state index contributed by atoms with van der Waals surface area (Å²) in [5, 5.41) is 13.7. The Balaban J connectivity index is 1.96. The molecule has 0 saturated carbocycles. The Morgan fingerprint density at radius 3 is 2.81 bits per heavy atom. The molecule has 0 radical (unpaired) electrons. The Labute approximate surface area is 130 Å². The minimum atomic E-state index is 0.621. The Morgan fingerprint density at radius 1 is 1.19 bits per heavy atom. The van der Waals surface area contributed by atoms with E-state index < -0.39 is 0 Å². The van der Waals surface area contributed by atoms with Crippen LogP contribution in [0.1, 0.15) is 31.2 Å². The van der Waals surface area contributed by atoms with Gasteiger partial charge in [-0.15, -0.1) is 0 Å². The number of unbranched alkanes of at least 4 members (excludes halogenated alkanes) is 3. The summed E-state index contributed by atoms with van der Waals surface area (Å²) in [6.45, 7) is 0.905. The van der Waals surface area contributed by atoms with E-state index in [0.29, 0.717) is 5.56 Å². The first-order valence-electron chi connectivity index (χ1n) is 7.37. The predicted octanol–water partition coefficient (Wildman–Crippen LogP) is 4.44. The quantitative estimate of drug-likeness (QED) is 0.732. The lowest BCUT2D eigenvalue weighted by Crippen LogP contribution is -2.04. The monoisotopic (exact) mass is 299 g/mol. The molecule has 0 saturated heterocycles. The van der Waals surface area contributed by atoms with Crippen LogP contribution in [0.15, 0.2) is 30.5 Å². The van der Waals surface area contributed by atoms with Gasteiger partial charge < -0.3 is 5.32 Å². The van der Waals surface area contributed by atoms with Crippen LogP contribution >= 0.6 is 11.8 Å². The molecule has 1 aromatic heterocycles. The predicted molar refractivity (Wildman–Crippen MR) is 91.8 cm³/mol. The highest BCUT2D eigenvalue weighted by atomic mass is 32.2. The van der Waals surface area contributed by atoms with Crippen molar-refractivity contribution >= 4 is 28.4 Å². The number of hydrogen-bond donors (Lipinski definition) is 1. The Kier molecular flexibility index (Phi) is 6.36. The summed E-state index contributed by atoms with van der Waals surface area (Å²) in [5.74, 6) is 1.25. The average molecular weight is 299 g/mol. The van der Waals surface area contributed by atoms with Gasteiger partial charge in [0.05, 0.1) is 16.8 Å². The van der Waals surface area contributed by atoms with Gasteiger partial charge in [-0.2, -0.15) is 17.0 Å². The van der Waals surface area contributed by atoms with Crippen molar-refractivity contribution in [1.29, 1.82) is 5.26 Å². The van der Waals surface area contributed by atoms with Crippen LogP contribution in [0.25, 0.3) is 10.9 Å². The fourth-order valence-electron chi connectivity index (χ4n) is 2.35. The minimum absolute atomic E-state index is 0.621. The largest absolute Gasteiger partial charge is 0.383 e. The van der Waals surface area contributed by atoms with Crippen molar-refractivity contribution in [3.05, 3.63) is 36.0 Å². The van der Waals surface area contributed by atoms with E-state index in [9.17, 15) is 5.26 Å². The lowest BCUT2D eigenvalue weighted by molar-refractivity contribution is 0.689. The van der Waals surface area contributed by atoms with Gasteiger partial charge >= 0.3 is 0 Å². The van der Waals surface area contributed by atoms with Crippen LogP contribution in [0.2, 0.25) is 0 Å². The molecule has 2 aromatic rings. The number of aromatic nitrogens is 1. The summed E-state index contributed by atoms with van der Waals surface area (Å²) >= 11 is 1.91. The van der Waals surface area contributed by atoms with E-state index in [0.717, 1.165) is 29.6 Å². The van der Waals surface area contributed by atoms with Crippen molar-refractivity contribution in [3.63, 3.8) is 0 Å². The summed E-state index contributed by atoms with van der Waals surface area (Å²) in [4.78, 5) is 4.33. The topological polar surface area (TPSA) is 48.7 Å². The molecule has 0 atom stereocenters. The Morgan fingerprint density at radius 2 is 2.00 bits per heavy atom. The van der Waals surface area contributed by atoms with Crippen LogP contribution in [-0.2, 0) is 0 Å². The van der Waals surface area contributed by atoms with E-state index in [1.807, 2.05) is 36.0 Å². The average Bonchev–Trinajstić information content (AvgIpc) is 2.54. The maximum atomic E-state index is 9.25.